The number of ether oxygens (including phenoxy) is 1. The number of carbonyl (C=O) groups is 4. The van der Waals surface area contributed by atoms with E-state index < -0.39 is 46.8 Å². The predicted molar refractivity (Wildman–Crippen MR) is 161 cm³/mol. The molecule has 0 spiro atoms. The molecule has 3 aliphatic heterocycles. The standard InChI is InChI=1S/C32H29BrClN3O5/c1-31(2,3)37-27(38)24-25(28(37)39)32(17-18-5-11-21(34)12-6-18)29(40)35(22-13-9-20(33)10-14-22)30(41)36(32)26(24)19-7-15-23(42-4)16-8-19/h5-16,24-26H,17H2,1-4H3/t24?,25?,26?,32-/m1/s1. The zero-order chi connectivity index (χ0) is 30.1. The van der Waals surface area contributed by atoms with Gasteiger partial charge in [0.25, 0.3) is 5.91 Å². The van der Waals surface area contributed by atoms with Gasteiger partial charge in [-0.3, -0.25) is 19.3 Å². The Labute approximate surface area is 257 Å². The maximum Gasteiger partial charge on any atom is 0.332 e. The molecular weight excluding hydrogens is 622 g/mol. The lowest BCUT2D eigenvalue weighted by Crippen LogP contribution is -2.57. The molecular formula is C32H29BrClN3O5. The number of benzene rings is 3. The number of likely N-dealkylation sites (tertiary alicyclic amines) is 1. The molecule has 3 fully saturated rings. The molecule has 0 N–H and O–H groups in total. The van der Waals surface area contributed by atoms with E-state index in [1.807, 2.05) is 0 Å². The number of nitrogens with zero attached hydrogens (tertiary/aromatic N) is 3. The van der Waals surface area contributed by atoms with Gasteiger partial charge >= 0.3 is 6.03 Å². The van der Waals surface area contributed by atoms with Crippen LogP contribution < -0.4 is 9.64 Å². The summed E-state index contributed by atoms with van der Waals surface area (Å²) >= 11 is 9.59. The number of amides is 5. The van der Waals surface area contributed by atoms with Crippen LogP contribution in [-0.4, -0.2) is 51.7 Å². The molecule has 4 atom stereocenters. The van der Waals surface area contributed by atoms with Crippen LogP contribution >= 0.6 is 27.5 Å². The van der Waals surface area contributed by atoms with Gasteiger partial charge in [-0.1, -0.05) is 51.8 Å². The summed E-state index contributed by atoms with van der Waals surface area (Å²) in [5.41, 5.74) is -0.745. The Balaban J connectivity index is 1.61. The number of hydrogen-bond acceptors (Lipinski definition) is 5. The number of methoxy groups -OCH3 is 1. The summed E-state index contributed by atoms with van der Waals surface area (Å²) < 4.78 is 6.14. The van der Waals surface area contributed by atoms with Gasteiger partial charge < -0.3 is 9.64 Å². The third-order valence-electron chi connectivity index (χ3n) is 8.48. The Bertz CT molecular complexity index is 1600. The first-order valence-corrected chi connectivity index (χ1v) is 14.8. The van der Waals surface area contributed by atoms with Crippen LogP contribution in [-0.2, 0) is 20.8 Å². The van der Waals surface area contributed by atoms with Gasteiger partial charge in [0.05, 0.1) is 30.7 Å². The van der Waals surface area contributed by atoms with Crippen molar-refractivity contribution in [2.24, 2.45) is 11.8 Å². The van der Waals surface area contributed by atoms with Crippen molar-refractivity contribution in [3.8, 4) is 5.75 Å². The summed E-state index contributed by atoms with van der Waals surface area (Å²) in [6, 6.07) is 19.5. The van der Waals surface area contributed by atoms with Gasteiger partial charge in [0, 0.05) is 21.5 Å². The van der Waals surface area contributed by atoms with Gasteiger partial charge in [0.15, 0.2) is 0 Å². The Morgan fingerprint density at radius 1 is 0.881 bits per heavy atom. The largest absolute Gasteiger partial charge is 0.497 e. The van der Waals surface area contributed by atoms with Gasteiger partial charge in [-0.25, -0.2) is 9.69 Å². The van der Waals surface area contributed by atoms with Crippen LogP contribution in [0.15, 0.2) is 77.3 Å². The SMILES string of the molecule is COc1ccc(C2C3C(=O)N(C(C)(C)C)C(=O)C3[C@]3(Cc4ccc(Cl)cc4)C(=O)N(c4ccc(Br)cc4)C(=O)N23)cc1. The van der Waals surface area contributed by atoms with E-state index in [1.54, 1.807) is 101 Å². The molecule has 3 unspecified atom stereocenters. The monoisotopic (exact) mass is 649 g/mol. The van der Waals surface area contributed by atoms with E-state index in [2.05, 4.69) is 15.9 Å². The molecule has 0 aliphatic carbocycles. The highest BCUT2D eigenvalue weighted by molar-refractivity contribution is 9.10. The first kappa shape index (κ1) is 28.4. The molecule has 3 aromatic carbocycles. The van der Waals surface area contributed by atoms with Crippen LogP contribution in [0.3, 0.4) is 0 Å². The van der Waals surface area contributed by atoms with E-state index in [-0.39, 0.29) is 12.3 Å². The summed E-state index contributed by atoms with van der Waals surface area (Å²) in [7, 11) is 1.55. The van der Waals surface area contributed by atoms with Gasteiger partial charge in [-0.05, 0) is 80.4 Å². The average Bonchev–Trinajstić information content (AvgIpc) is 3.48. The van der Waals surface area contributed by atoms with Crippen LogP contribution in [0.5, 0.6) is 5.75 Å². The van der Waals surface area contributed by atoms with Crippen molar-refractivity contribution in [2.45, 2.75) is 44.3 Å². The minimum atomic E-state index is -1.65. The Morgan fingerprint density at radius 3 is 2.07 bits per heavy atom. The van der Waals surface area contributed by atoms with Crippen LogP contribution in [0.4, 0.5) is 10.5 Å². The normalized spacial score (nSPS) is 25.4. The number of imide groups is 2. The van der Waals surface area contributed by atoms with E-state index in [1.165, 1.54) is 9.80 Å². The number of fused-ring (bicyclic) bond motifs is 3. The van der Waals surface area contributed by atoms with Crippen LogP contribution in [0.1, 0.15) is 37.9 Å². The fraction of sp³-hybridized carbons (Fsp3) is 0.312. The van der Waals surface area contributed by atoms with E-state index >= 15 is 0 Å². The molecule has 0 bridgehead atoms. The molecule has 0 aromatic heterocycles. The van der Waals surface area contributed by atoms with Gasteiger partial charge in [-0.15, -0.1) is 0 Å². The molecule has 0 radical (unpaired) electrons. The highest BCUT2D eigenvalue weighted by atomic mass is 79.9. The molecule has 8 nitrogen and oxygen atoms in total. The third kappa shape index (κ3) is 4.08. The van der Waals surface area contributed by atoms with Crippen molar-refractivity contribution in [1.82, 2.24) is 9.80 Å². The lowest BCUT2D eigenvalue weighted by molar-refractivity contribution is -0.149. The smallest absolute Gasteiger partial charge is 0.332 e. The number of anilines is 1. The maximum atomic E-state index is 14.8. The number of carbonyl (C=O) groups excluding carboxylic acids is 4. The lowest BCUT2D eigenvalue weighted by atomic mass is 9.75. The van der Waals surface area contributed by atoms with Crippen molar-refractivity contribution in [3.63, 3.8) is 0 Å². The van der Waals surface area contributed by atoms with Crippen molar-refractivity contribution >= 4 is 57.0 Å². The first-order valence-electron chi connectivity index (χ1n) is 13.6. The second kappa shape index (κ2) is 9.95. The fourth-order valence-electron chi connectivity index (χ4n) is 6.80. The van der Waals surface area contributed by atoms with Crippen molar-refractivity contribution in [3.05, 3.63) is 93.4 Å². The number of rotatable bonds is 5. The van der Waals surface area contributed by atoms with Crippen LogP contribution in [0.25, 0.3) is 0 Å². The molecule has 42 heavy (non-hydrogen) atoms. The van der Waals surface area contributed by atoms with E-state index in [4.69, 9.17) is 16.3 Å². The van der Waals surface area contributed by atoms with E-state index in [0.29, 0.717) is 27.6 Å². The van der Waals surface area contributed by atoms with Crippen molar-refractivity contribution < 1.29 is 23.9 Å². The molecule has 3 aliphatic rings. The van der Waals surface area contributed by atoms with E-state index in [9.17, 15) is 19.2 Å². The lowest BCUT2D eigenvalue weighted by Gasteiger charge is -2.38. The Kier molecular flexibility index (Phi) is 6.74. The van der Waals surface area contributed by atoms with Crippen molar-refractivity contribution in [1.29, 1.82) is 0 Å². The predicted octanol–water partition coefficient (Wildman–Crippen LogP) is 6.02. The quantitative estimate of drug-likeness (QED) is 0.249. The van der Waals surface area contributed by atoms with Gasteiger partial charge in [0.2, 0.25) is 11.8 Å². The minimum absolute atomic E-state index is 0.0343. The number of halogens is 2. The van der Waals surface area contributed by atoms with Gasteiger partial charge in [-0.2, -0.15) is 0 Å². The number of hydrogen-bond donors (Lipinski definition) is 0. The molecule has 5 amide bonds. The second-order valence-electron chi connectivity index (χ2n) is 11.9. The highest BCUT2D eigenvalue weighted by Gasteiger charge is 2.77. The molecule has 216 valence electrons. The zero-order valence-electron chi connectivity index (χ0n) is 23.5. The summed E-state index contributed by atoms with van der Waals surface area (Å²) in [6.07, 6.45) is 0.0343. The molecule has 3 aromatic rings. The zero-order valence-corrected chi connectivity index (χ0v) is 25.8. The summed E-state index contributed by atoms with van der Waals surface area (Å²) in [4.78, 5) is 61.9. The topological polar surface area (TPSA) is 87.2 Å². The van der Waals surface area contributed by atoms with Crippen LogP contribution in [0, 0.1) is 11.8 Å². The summed E-state index contributed by atoms with van der Waals surface area (Å²) in [5, 5.41) is 0.518. The molecule has 6 rings (SSSR count). The first-order chi connectivity index (χ1) is 19.9. The maximum absolute atomic E-state index is 14.8. The second-order valence-corrected chi connectivity index (χ2v) is 13.3. The minimum Gasteiger partial charge on any atom is -0.497 e. The fourth-order valence-corrected chi connectivity index (χ4v) is 7.20. The van der Waals surface area contributed by atoms with Crippen molar-refractivity contribution in [2.75, 3.05) is 12.0 Å². The molecule has 3 saturated heterocycles. The Hall–Kier alpha value is -3.69. The summed E-state index contributed by atoms with van der Waals surface area (Å²) in [5.74, 6) is -2.81. The van der Waals surface area contributed by atoms with Crippen LogP contribution in [0.2, 0.25) is 5.02 Å². The molecule has 10 heteroatoms. The van der Waals surface area contributed by atoms with Gasteiger partial charge in [0.1, 0.15) is 11.3 Å². The average molecular weight is 651 g/mol. The molecule has 3 heterocycles. The highest BCUT2D eigenvalue weighted by Crippen LogP contribution is 2.60. The Morgan fingerprint density at radius 2 is 1.50 bits per heavy atom. The number of urea groups is 1. The van der Waals surface area contributed by atoms with E-state index in [0.717, 1.165) is 9.37 Å². The third-order valence-corrected chi connectivity index (χ3v) is 9.27. The molecule has 0 saturated carbocycles. The summed E-state index contributed by atoms with van der Waals surface area (Å²) in [6.45, 7) is 5.39.